The molecule has 76 valence electrons. The van der Waals surface area contributed by atoms with E-state index >= 15 is 0 Å². The van der Waals surface area contributed by atoms with Crippen molar-refractivity contribution in [3.05, 3.63) is 59.4 Å². The van der Waals surface area contributed by atoms with E-state index < -0.39 is 0 Å². The highest BCUT2D eigenvalue weighted by atomic mass is 19.1. The molecule has 0 N–H and O–H groups in total. The van der Waals surface area contributed by atoms with Crippen molar-refractivity contribution in [3.8, 4) is 11.8 Å². The van der Waals surface area contributed by atoms with Crippen LogP contribution in [0.15, 0.2) is 48.1 Å². The first-order valence-corrected chi connectivity index (χ1v) is 4.83. The number of halogens is 1. The van der Waals surface area contributed by atoms with E-state index in [1.807, 2.05) is 32.1 Å². The molecular weight excluding hydrogens is 187 g/mol. The maximum absolute atomic E-state index is 12.8. The van der Waals surface area contributed by atoms with E-state index in [-0.39, 0.29) is 5.82 Å². The summed E-state index contributed by atoms with van der Waals surface area (Å²) in [6.07, 6.45) is 5.77. The van der Waals surface area contributed by atoms with Crippen molar-refractivity contribution in [1.82, 2.24) is 0 Å². The summed E-state index contributed by atoms with van der Waals surface area (Å²) in [6, 6.07) is 6.28. The lowest BCUT2D eigenvalue weighted by Gasteiger charge is -1.90. The predicted molar refractivity (Wildman–Crippen MR) is 61.8 cm³/mol. The zero-order valence-corrected chi connectivity index (χ0v) is 8.92. The molecule has 1 heteroatoms. The molecule has 0 atom stereocenters. The molecule has 0 bridgehead atoms. The summed E-state index contributed by atoms with van der Waals surface area (Å²) in [7, 11) is 0. The summed E-state index contributed by atoms with van der Waals surface area (Å²) >= 11 is 0. The lowest BCUT2D eigenvalue weighted by molar-refractivity contribution is 0.627. The average molecular weight is 200 g/mol. The summed E-state index contributed by atoms with van der Waals surface area (Å²) in [6.45, 7) is 3.86. The van der Waals surface area contributed by atoms with Crippen molar-refractivity contribution in [2.45, 2.75) is 13.8 Å². The van der Waals surface area contributed by atoms with Gasteiger partial charge in [-0.1, -0.05) is 36.1 Å². The molecule has 0 saturated carbocycles. The molecule has 0 fully saturated rings. The van der Waals surface area contributed by atoms with E-state index in [1.165, 1.54) is 12.1 Å². The van der Waals surface area contributed by atoms with Crippen molar-refractivity contribution in [2.24, 2.45) is 0 Å². The van der Waals surface area contributed by atoms with Gasteiger partial charge in [0, 0.05) is 11.1 Å². The summed E-state index contributed by atoms with van der Waals surface area (Å²) in [5.41, 5.74) is 1.63. The van der Waals surface area contributed by atoms with Gasteiger partial charge >= 0.3 is 0 Å². The van der Waals surface area contributed by atoms with E-state index in [4.69, 9.17) is 0 Å². The van der Waals surface area contributed by atoms with Gasteiger partial charge in [0.2, 0.25) is 0 Å². The van der Waals surface area contributed by atoms with E-state index in [0.29, 0.717) is 5.56 Å². The van der Waals surface area contributed by atoms with E-state index in [1.54, 1.807) is 12.1 Å². The Hall–Kier alpha value is -1.81. The minimum atomic E-state index is -0.255. The fourth-order valence-corrected chi connectivity index (χ4v) is 1.10. The average Bonchev–Trinajstić information content (AvgIpc) is 2.24. The SMILES string of the molecule is CC=CC(C#Cc1cccc(F)c1)=CC. The molecule has 0 aromatic heterocycles. The predicted octanol–water partition coefficient (Wildman–Crippen LogP) is 3.70. The summed E-state index contributed by atoms with van der Waals surface area (Å²) in [4.78, 5) is 0. The van der Waals surface area contributed by atoms with Gasteiger partial charge < -0.3 is 0 Å². The largest absolute Gasteiger partial charge is 0.207 e. The van der Waals surface area contributed by atoms with Crippen LogP contribution in [-0.4, -0.2) is 0 Å². The van der Waals surface area contributed by atoms with Crippen LogP contribution in [0.3, 0.4) is 0 Å². The monoisotopic (exact) mass is 200 g/mol. The van der Waals surface area contributed by atoms with Crippen molar-refractivity contribution < 1.29 is 4.39 Å². The number of benzene rings is 1. The Labute approximate surface area is 90.1 Å². The molecule has 0 aliphatic heterocycles. The van der Waals surface area contributed by atoms with Crippen LogP contribution in [0.5, 0.6) is 0 Å². The summed E-state index contributed by atoms with van der Waals surface area (Å²) in [5.74, 6) is 5.63. The zero-order chi connectivity index (χ0) is 11.1. The number of hydrogen-bond acceptors (Lipinski definition) is 0. The minimum Gasteiger partial charge on any atom is -0.207 e. The molecule has 0 saturated heterocycles. The fraction of sp³-hybridized carbons (Fsp3) is 0.143. The molecule has 1 rings (SSSR count). The highest BCUT2D eigenvalue weighted by Crippen LogP contribution is 2.02. The fourth-order valence-electron chi connectivity index (χ4n) is 1.10. The Morgan fingerprint density at radius 2 is 2.13 bits per heavy atom. The first-order chi connectivity index (χ1) is 7.26. The summed E-state index contributed by atoms with van der Waals surface area (Å²) < 4.78 is 12.8. The van der Waals surface area contributed by atoms with Gasteiger partial charge in [0.15, 0.2) is 0 Å². The summed E-state index contributed by atoms with van der Waals surface area (Å²) in [5, 5.41) is 0. The molecule has 0 radical (unpaired) electrons. The van der Waals surface area contributed by atoms with Crippen LogP contribution in [0.25, 0.3) is 0 Å². The van der Waals surface area contributed by atoms with Crippen LogP contribution in [-0.2, 0) is 0 Å². The van der Waals surface area contributed by atoms with E-state index in [0.717, 1.165) is 5.57 Å². The maximum Gasteiger partial charge on any atom is 0.124 e. The Morgan fingerprint density at radius 3 is 2.73 bits per heavy atom. The van der Waals surface area contributed by atoms with Gasteiger partial charge in [-0.2, -0.15) is 0 Å². The molecule has 0 unspecified atom stereocenters. The van der Waals surface area contributed by atoms with Crippen LogP contribution in [0.2, 0.25) is 0 Å². The molecule has 0 amide bonds. The van der Waals surface area contributed by atoms with Crippen LogP contribution in [0.1, 0.15) is 19.4 Å². The van der Waals surface area contributed by atoms with Gasteiger partial charge in [0.25, 0.3) is 0 Å². The van der Waals surface area contributed by atoms with Crippen LogP contribution >= 0.6 is 0 Å². The molecule has 0 nitrogen and oxygen atoms in total. The molecular formula is C14H13F. The van der Waals surface area contributed by atoms with Crippen molar-refractivity contribution >= 4 is 0 Å². The lowest BCUT2D eigenvalue weighted by atomic mass is 10.2. The zero-order valence-electron chi connectivity index (χ0n) is 8.92. The number of hydrogen-bond donors (Lipinski definition) is 0. The van der Waals surface area contributed by atoms with Gasteiger partial charge in [0.05, 0.1) is 0 Å². The third-order valence-corrected chi connectivity index (χ3v) is 1.83. The lowest BCUT2D eigenvalue weighted by Crippen LogP contribution is -1.77. The van der Waals surface area contributed by atoms with Gasteiger partial charge in [-0.25, -0.2) is 4.39 Å². The van der Waals surface area contributed by atoms with Gasteiger partial charge in [-0.3, -0.25) is 0 Å². The van der Waals surface area contributed by atoms with Crippen molar-refractivity contribution in [1.29, 1.82) is 0 Å². The highest BCUT2D eigenvalue weighted by Gasteiger charge is 1.89. The smallest absolute Gasteiger partial charge is 0.124 e. The molecule has 1 aromatic rings. The molecule has 0 spiro atoms. The van der Waals surface area contributed by atoms with E-state index in [2.05, 4.69) is 11.8 Å². The maximum atomic E-state index is 12.8. The Kier molecular flexibility index (Phi) is 4.37. The third-order valence-electron chi connectivity index (χ3n) is 1.83. The molecule has 15 heavy (non-hydrogen) atoms. The standard InChI is InChI=1S/C14H13F/c1-3-6-12(4-2)9-10-13-7-5-8-14(15)11-13/h3-8,11H,1-2H3. The normalized spacial score (nSPS) is 11.3. The second kappa shape index (κ2) is 5.82. The van der Waals surface area contributed by atoms with Crippen molar-refractivity contribution in [2.75, 3.05) is 0 Å². The quantitative estimate of drug-likeness (QED) is 0.479. The number of rotatable bonds is 1. The number of allylic oxidation sites excluding steroid dienone is 4. The van der Waals surface area contributed by atoms with Crippen LogP contribution in [0, 0.1) is 17.7 Å². The third kappa shape index (κ3) is 3.83. The van der Waals surface area contributed by atoms with Crippen LogP contribution in [0.4, 0.5) is 4.39 Å². The highest BCUT2D eigenvalue weighted by molar-refractivity contribution is 5.44. The van der Waals surface area contributed by atoms with Gasteiger partial charge in [-0.15, -0.1) is 0 Å². The Morgan fingerprint density at radius 1 is 1.33 bits per heavy atom. The molecule has 0 aliphatic carbocycles. The first-order valence-electron chi connectivity index (χ1n) is 4.83. The Balaban J connectivity index is 2.90. The van der Waals surface area contributed by atoms with Crippen LogP contribution < -0.4 is 0 Å². The van der Waals surface area contributed by atoms with Crippen molar-refractivity contribution in [3.63, 3.8) is 0 Å². The molecule has 0 aliphatic rings. The second-order valence-corrected chi connectivity index (χ2v) is 3.00. The second-order valence-electron chi connectivity index (χ2n) is 3.00. The van der Waals surface area contributed by atoms with Gasteiger partial charge in [0.1, 0.15) is 5.82 Å². The van der Waals surface area contributed by atoms with E-state index in [9.17, 15) is 4.39 Å². The first kappa shape index (κ1) is 11.3. The minimum absolute atomic E-state index is 0.255. The molecule has 1 aromatic carbocycles. The molecule has 0 heterocycles. The Bertz CT molecular complexity index is 442. The topological polar surface area (TPSA) is 0 Å². The van der Waals surface area contributed by atoms with Gasteiger partial charge in [-0.05, 0) is 32.0 Å².